The van der Waals surface area contributed by atoms with Crippen LogP contribution in [0.4, 0.5) is 5.95 Å². The minimum absolute atomic E-state index is 0.194. The zero-order valence-electron chi connectivity index (χ0n) is 10.4. The van der Waals surface area contributed by atoms with Gasteiger partial charge in [0.05, 0.1) is 12.3 Å². The van der Waals surface area contributed by atoms with Crippen LogP contribution in [0.2, 0.25) is 0 Å². The van der Waals surface area contributed by atoms with Crippen LogP contribution in [-0.2, 0) is 17.9 Å². The smallest absolute Gasteiger partial charge is 0.252 e. The van der Waals surface area contributed by atoms with E-state index in [1.165, 1.54) is 6.07 Å². The van der Waals surface area contributed by atoms with Crippen molar-refractivity contribution in [3.8, 4) is 0 Å². The summed E-state index contributed by atoms with van der Waals surface area (Å²) in [5.74, 6) is 0.447. The molecule has 0 spiro atoms. The minimum Gasteiger partial charge on any atom is -0.378 e. The van der Waals surface area contributed by atoms with E-state index in [4.69, 9.17) is 4.74 Å². The van der Waals surface area contributed by atoms with Gasteiger partial charge >= 0.3 is 0 Å². The Bertz CT molecular complexity index is 596. The first-order valence-corrected chi connectivity index (χ1v) is 6.54. The first kappa shape index (κ1) is 13.8. The van der Waals surface area contributed by atoms with Crippen molar-refractivity contribution in [3.05, 3.63) is 56.4 Å². The lowest BCUT2D eigenvalue weighted by atomic mass is 10.2. The summed E-state index contributed by atoms with van der Waals surface area (Å²) in [7, 11) is 1.57. The molecule has 2 rings (SSSR count). The molecule has 19 heavy (non-hydrogen) atoms. The first-order chi connectivity index (χ1) is 9.17. The van der Waals surface area contributed by atoms with Gasteiger partial charge in [-0.2, -0.15) is 0 Å². The maximum Gasteiger partial charge on any atom is 0.252 e. The van der Waals surface area contributed by atoms with E-state index in [0.717, 1.165) is 10.0 Å². The minimum atomic E-state index is -0.194. The standard InChI is InChI=1S/C13H14BrN3O2/c1-19-8-11-6-12(18)17-13(16-11)15-7-9-2-4-10(14)5-3-9/h2-6H,7-8H2,1H3,(H2,15,16,17,18). The van der Waals surface area contributed by atoms with Crippen molar-refractivity contribution in [3.63, 3.8) is 0 Å². The van der Waals surface area contributed by atoms with Crippen molar-refractivity contribution in [2.45, 2.75) is 13.2 Å². The van der Waals surface area contributed by atoms with E-state index in [1.54, 1.807) is 7.11 Å². The zero-order valence-corrected chi connectivity index (χ0v) is 12.0. The van der Waals surface area contributed by atoms with Crippen LogP contribution in [0.1, 0.15) is 11.3 Å². The second kappa shape index (κ2) is 6.49. The fourth-order valence-corrected chi connectivity index (χ4v) is 1.87. The maximum atomic E-state index is 11.4. The van der Waals surface area contributed by atoms with Gasteiger partial charge in [-0.25, -0.2) is 4.98 Å². The fraction of sp³-hybridized carbons (Fsp3) is 0.231. The highest BCUT2D eigenvalue weighted by Crippen LogP contribution is 2.11. The largest absolute Gasteiger partial charge is 0.378 e. The third-order valence-electron chi connectivity index (χ3n) is 2.46. The highest BCUT2D eigenvalue weighted by Gasteiger charge is 2.01. The van der Waals surface area contributed by atoms with Gasteiger partial charge in [0.15, 0.2) is 0 Å². The molecule has 6 heteroatoms. The zero-order chi connectivity index (χ0) is 13.7. The molecule has 1 heterocycles. The van der Waals surface area contributed by atoms with Gasteiger partial charge < -0.3 is 10.1 Å². The number of H-pyrrole nitrogens is 1. The summed E-state index contributed by atoms with van der Waals surface area (Å²) in [6, 6.07) is 9.35. The van der Waals surface area contributed by atoms with Crippen molar-refractivity contribution in [1.82, 2.24) is 9.97 Å². The number of nitrogens with zero attached hydrogens (tertiary/aromatic N) is 1. The number of ether oxygens (including phenoxy) is 1. The summed E-state index contributed by atoms with van der Waals surface area (Å²) in [6.45, 7) is 0.906. The van der Waals surface area contributed by atoms with E-state index in [2.05, 4.69) is 31.2 Å². The molecule has 0 saturated carbocycles. The number of rotatable bonds is 5. The predicted molar refractivity (Wildman–Crippen MR) is 77.0 cm³/mol. The van der Waals surface area contributed by atoms with Crippen LogP contribution in [-0.4, -0.2) is 17.1 Å². The van der Waals surface area contributed by atoms with Gasteiger partial charge in [-0.1, -0.05) is 28.1 Å². The highest BCUT2D eigenvalue weighted by atomic mass is 79.9. The molecule has 0 saturated heterocycles. The van der Waals surface area contributed by atoms with E-state index < -0.39 is 0 Å². The molecular weight excluding hydrogens is 310 g/mol. The molecule has 0 radical (unpaired) electrons. The van der Waals surface area contributed by atoms with Gasteiger partial charge in [-0.15, -0.1) is 0 Å². The number of aromatic nitrogens is 2. The normalized spacial score (nSPS) is 10.4. The van der Waals surface area contributed by atoms with E-state index in [9.17, 15) is 4.79 Å². The Morgan fingerprint density at radius 3 is 2.79 bits per heavy atom. The Balaban J connectivity index is 2.06. The molecule has 1 aromatic carbocycles. The monoisotopic (exact) mass is 323 g/mol. The van der Waals surface area contributed by atoms with Crippen molar-refractivity contribution in [2.24, 2.45) is 0 Å². The predicted octanol–water partition coefficient (Wildman–Crippen LogP) is 2.29. The highest BCUT2D eigenvalue weighted by molar-refractivity contribution is 9.10. The quantitative estimate of drug-likeness (QED) is 0.886. The number of benzene rings is 1. The number of halogens is 1. The lowest BCUT2D eigenvalue weighted by Crippen LogP contribution is -2.14. The molecule has 0 amide bonds. The Kier molecular flexibility index (Phi) is 4.70. The van der Waals surface area contributed by atoms with Crippen molar-refractivity contribution < 1.29 is 4.74 Å². The van der Waals surface area contributed by atoms with E-state index in [-0.39, 0.29) is 5.56 Å². The van der Waals surface area contributed by atoms with Gasteiger partial charge in [0.1, 0.15) is 0 Å². The summed E-state index contributed by atoms with van der Waals surface area (Å²) in [6.07, 6.45) is 0. The number of hydrogen-bond donors (Lipinski definition) is 2. The average molecular weight is 324 g/mol. The number of aromatic amines is 1. The fourth-order valence-electron chi connectivity index (χ4n) is 1.60. The number of hydrogen-bond acceptors (Lipinski definition) is 4. The molecule has 0 unspecified atom stereocenters. The summed E-state index contributed by atoms with van der Waals surface area (Å²) in [5, 5.41) is 3.08. The summed E-state index contributed by atoms with van der Waals surface area (Å²) < 4.78 is 6.00. The van der Waals surface area contributed by atoms with Crippen molar-refractivity contribution in [2.75, 3.05) is 12.4 Å². The Labute approximate surface area is 119 Å². The Morgan fingerprint density at radius 1 is 1.37 bits per heavy atom. The van der Waals surface area contributed by atoms with Gasteiger partial charge in [0.25, 0.3) is 5.56 Å². The number of methoxy groups -OCH3 is 1. The molecule has 0 aliphatic rings. The van der Waals surface area contributed by atoms with Crippen LogP contribution in [0.15, 0.2) is 39.6 Å². The molecule has 100 valence electrons. The molecule has 2 N–H and O–H groups in total. The van der Waals surface area contributed by atoms with Crippen LogP contribution < -0.4 is 10.9 Å². The third kappa shape index (κ3) is 4.18. The van der Waals surface area contributed by atoms with Gasteiger partial charge in [-0.05, 0) is 17.7 Å². The Morgan fingerprint density at radius 2 is 2.11 bits per heavy atom. The molecule has 0 fully saturated rings. The molecule has 0 atom stereocenters. The second-order valence-corrected chi connectivity index (χ2v) is 4.91. The molecule has 1 aromatic heterocycles. The second-order valence-electron chi connectivity index (χ2n) is 4.00. The van der Waals surface area contributed by atoms with Gasteiger partial charge in [-0.3, -0.25) is 9.78 Å². The maximum absolute atomic E-state index is 11.4. The number of anilines is 1. The molecule has 0 aliphatic carbocycles. The van der Waals surface area contributed by atoms with E-state index in [1.807, 2.05) is 24.3 Å². The first-order valence-electron chi connectivity index (χ1n) is 5.75. The summed E-state index contributed by atoms with van der Waals surface area (Å²) in [5.41, 5.74) is 1.51. The van der Waals surface area contributed by atoms with E-state index >= 15 is 0 Å². The van der Waals surface area contributed by atoms with Gasteiger partial charge in [0, 0.05) is 24.2 Å². The van der Waals surface area contributed by atoms with Crippen LogP contribution in [0, 0.1) is 0 Å². The molecule has 5 nitrogen and oxygen atoms in total. The van der Waals surface area contributed by atoms with Crippen molar-refractivity contribution >= 4 is 21.9 Å². The molecule has 0 bridgehead atoms. The van der Waals surface area contributed by atoms with Crippen LogP contribution in [0.5, 0.6) is 0 Å². The molecule has 2 aromatic rings. The average Bonchev–Trinajstić information content (AvgIpc) is 2.38. The third-order valence-corrected chi connectivity index (χ3v) is 2.99. The molecule has 0 aliphatic heterocycles. The molecular formula is C13H14BrN3O2. The topological polar surface area (TPSA) is 67.0 Å². The van der Waals surface area contributed by atoms with Crippen LogP contribution >= 0.6 is 15.9 Å². The number of nitrogens with one attached hydrogen (secondary N) is 2. The summed E-state index contributed by atoms with van der Waals surface area (Å²) >= 11 is 3.38. The van der Waals surface area contributed by atoms with Crippen molar-refractivity contribution in [1.29, 1.82) is 0 Å². The summed E-state index contributed by atoms with van der Waals surface area (Å²) in [4.78, 5) is 18.3. The lowest BCUT2D eigenvalue weighted by Gasteiger charge is -2.07. The Hall–Kier alpha value is -1.66. The van der Waals surface area contributed by atoms with Crippen LogP contribution in [0.3, 0.4) is 0 Å². The van der Waals surface area contributed by atoms with E-state index in [0.29, 0.717) is 24.8 Å². The SMILES string of the molecule is COCc1cc(=O)[nH]c(NCc2ccc(Br)cc2)n1. The van der Waals surface area contributed by atoms with Crippen LogP contribution in [0.25, 0.3) is 0 Å². The van der Waals surface area contributed by atoms with Gasteiger partial charge in [0.2, 0.25) is 5.95 Å². The lowest BCUT2D eigenvalue weighted by molar-refractivity contribution is 0.181.